The molecule has 0 atom stereocenters. The number of carbonyl (C=O) groups is 3. The third-order valence-corrected chi connectivity index (χ3v) is 4.63. The largest absolute Gasteiger partial charge is 0.293 e. The van der Waals surface area contributed by atoms with E-state index < -0.39 is 34.2 Å². The van der Waals surface area contributed by atoms with Gasteiger partial charge in [0.05, 0.1) is 16.4 Å². The zero-order valence-electron chi connectivity index (χ0n) is 13.6. The van der Waals surface area contributed by atoms with Gasteiger partial charge in [0.25, 0.3) is 16.8 Å². The van der Waals surface area contributed by atoms with Crippen LogP contribution in [0, 0.1) is 15.9 Å². The first-order chi connectivity index (χ1) is 12.8. The number of ketones is 1. The molecule has 1 fully saturated rings. The van der Waals surface area contributed by atoms with E-state index in [9.17, 15) is 28.9 Å². The minimum absolute atomic E-state index is 0.0853. The summed E-state index contributed by atoms with van der Waals surface area (Å²) in [6.07, 6.45) is 1.38. The number of Topliss-reactive ketones (excluding diaryl/α,β-unsaturated/α-hetero) is 1. The Kier molecular flexibility index (Phi) is 5.13. The fraction of sp³-hybridized carbons (Fsp3) is 0.0556. The molecule has 7 nitrogen and oxygen atoms in total. The molecule has 9 heteroatoms. The highest BCUT2D eigenvalue weighted by atomic mass is 32.2. The van der Waals surface area contributed by atoms with Crippen LogP contribution in [0.15, 0.2) is 53.4 Å². The van der Waals surface area contributed by atoms with E-state index in [1.54, 1.807) is 6.07 Å². The standard InChI is InChI=1S/C18H11FN2O5S/c19-13-3-1-2-11(8-13)9-16-17(23)20(18(24)27-16)10-15(22)12-4-6-14(7-5-12)21(25)26/h1-9H,10H2/b16-9+. The Hall–Kier alpha value is -3.33. The van der Waals surface area contributed by atoms with Gasteiger partial charge >= 0.3 is 0 Å². The molecule has 3 rings (SSSR count). The second-order valence-corrected chi connectivity index (χ2v) is 6.54. The lowest BCUT2D eigenvalue weighted by molar-refractivity contribution is -0.384. The Labute approximate surface area is 156 Å². The lowest BCUT2D eigenvalue weighted by atomic mass is 10.1. The second kappa shape index (κ2) is 7.50. The molecule has 0 spiro atoms. The maximum Gasteiger partial charge on any atom is 0.293 e. The van der Waals surface area contributed by atoms with Crippen molar-refractivity contribution in [2.24, 2.45) is 0 Å². The second-order valence-electron chi connectivity index (χ2n) is 5.55. The van der Waals surface area contributed by atoms with E-state index in [1.165, 1.54) is 48.5 Å². The molecular weight excluding hydrogens is 375 g/mol. The van der Waals surface area contributed by atoms with Crippen LogP contribution in [0.5, 0.6) is 0 Å². The fourth-order valence-corrected chi connectivity index (χ4v) is 3.23. The Morgan fingerprint density at radius 3 is 2.52 bits per heavy atom. The van der Waals surface area contributed by atoms with Crippen molar-refractivity contribution in [3.05, 3.63) is 80.5 Å². The van der Waals surface area contributed by atoms with Crippen molar-refractivity contribution in [1.82, 2.24) is 4.90 Å². The van der Waals surface area contributed by atoms with Crippen molar-refractivity contribution < 1.29 is 23.7 Å². The highest BCUT2D eigenvalue weighted by Gasteiger charge is 2.36. The van der Waals surface area contributed by atoms with Crippen LogP contribution < -0.4 is 0 Å². The normalized spacial score (nSPS) is 15.4. The SMILES string of the molecule is O=C(CN1C(=O)S/C(=C/c2cccc(F)c2)C1=O)c1ccc([N+](=O)[O-])cc1. The summed E-state index contributed by atoms with van der Waals surface area (Å²) in [5.41, 5.74) is 0.395. The number of halogens is 1. The number of imide groups is 1. The number of non-ortho nitro benzene ring substituents is 1. The topological polar surface area (TPSA) is 97.6 Å². The van der Waals surface area contributed by atoms with Crippen molar-refractivity contribution in [3.63, 3.8) is 0 Å². The zero-order valence-corrected chi connectivity index (χ0v) is 14.4. The average molecular weight is 386 g/mol. The Morgan fingerprint density at radius 1 is 1.19 bits per heavy atom. The van der Waals surface area contributed by atoms with E-state index in [0.29, 0.717) is 17.3 Å². The molecule has 136 valence electrons. The van der Waals surface area contributed by atoms with Gasteiger partial charge < -0.3 is 0 Å². The minimum Gasteiger partial charge on any atom is -0.292 e. The number of thioether (sulfide) groups is 1. The molecule has 2 amide bonds. The monoisotopic (exact) mass is 386 g/mol. The number of carbonyl (C=O) groups excluding carboxylic acids is 3. The maximum atomic E-state index is 13.2. The number of amides is 2. The summed E-state index contributed by atoms with van der Waals surface area (Å²) in [7, 11) is 0. The summed E-state index contributed by atoms with van der Waals surface area (Å²) in [4.78, 5) is 47.7. The fourth-order valence-electron chi connectivity index (χ4n) is 2.39. The lowest BCUT2D eigenvalue weighted by Crippen LogP contribution is -2.33. The molecule has 2 aromatic carbocycles. The third kappa shape index (κ3) is 4.09. The molecule has 1 aliphatic heterocycles. The minimum atomic E-state index is -0.649. The number of nitro benzene ring substituents is 1. The third-order valence-electron chi connectivity index (χ3n) is 3.72. The van der Waals surface area contributed by atoms with E-state index in [2.05, 4.69) is 0 Å². The van der Waals surface area contributed by atoms with E-state index in [-0.39, 0.29) is 16.2 Å². The van der Waals surface area contributed by atoms with Crippen LogP contribution in [0.3, 0.4) is 0 Å². The molecule has 0 saturated carbocycles. The van der Waals surface area contributed by atoms with Gasteiger partial charge in [0.15, 0.2) is 5.78 Å². The van der Waals surface area contributed by atoms with Crippen molar-refractivity contribution in [2.45, 2.75) is 0 Å². The summed E-state index contributed by atoms with van der Waals surface area (Å²) in [6, 6.07) is 10.4. The van der Waals surface area contributed by atoms with E-state index in [4.69, 9.17) is 0 Å². The molecular formula is C18H11FN2O5S. The van der Waals surface area contributed by atoms with Gasteiger partial charge in [0.1, 0.15) is 5.82 Å². The van der Waals surface area contributed by atoms with Gasteiger partial charge in [-0.3, -0.25) is 29.4 Å². The molecule has 0 N–H and O–H groups in total. The average Bonchev–Trinajstić information content (AvgIpc) is 2.89. The molecule has 0 aliphatic carbocycles. The molecule has 0 aromatic heterocycles. The number of benzene rings is 2. The summed E-state index contributed by atoms with van der Waals surface area (Å²) in [5.74, 6) is -1.65. The Morgan fingerprint density at radius 2 is 1.89 bits per heavy atom. The van der Waals surface area contributed by atoms with Crippen molar-refractivity contribution in [1.29, 1.82) is 0 Å². The van der Waals surface area contributed by atoms with Gasteiger partial charge in [-0.05, 0) is 47.7 Å². The molecule has 1 aliphatic rings. The molecule has 0 bridgehead atoms. The summed E-state index contributed by atoms with van der Waals surface area (Å²) < 4.78 is 13.2. The molecule has 1 saturated heterocycles. The van der Waals surface area contributed by atoms with Crippen LogP contribution in [0.2, 0.25) is 0 Å². The maximum absolute atomic E-state index is 13.2. The van der Waals surface area contributed by atoms with Gasteiger partial charge in [-0.2, -0.15) is 0 Å². The van der Waals surface area contributed by atoms with Crippen LogP contribution in [-0.4, -0.2) is 33.3 Å². The molecule has 0 radical (unpaired) electrons. The number of rotatable bonds is 5. The highest BCUT2D eigenvalue weighted by molar-refractivity contribution is 8.18. The van der Waals surface area contributed by atoms with Crippen LogP contribution in [0.4, 0.5) is 14.9 Å². The Bertz CT molecular complexity index is 988. The zero-order chi connectivity index (χ0) is 19.6. The van der Waals surface area contributed by atoms with Crippen LogP contribution in [-0.2, 0) is 4.79 Å². The lowest BCUT2D eigenvalue weighted by Gasteiger charge is -2.11. The summed E-state index contributed by atoms with van der Waals surface area (Å²) in [5, 5.41) is 10.0. The summed E-state index contributed by atoms with van der Waals surface area (Å²) in [6.45, 7) is -0.483. The quantitative estimate of drug-likeness (QED) is 0.337. The smallest absolute Gasteiger partial charge is 0.292 e. The molecule has 27 heavy (non-hydrogen) atoms. The Balaban J connectivity index is 1.75. The number of hydrogen-bond acceptors (Lipinski definition) is 6. The predicted octanol–water partition coefficient (Wildman–Crippen LogP) is 3.65. The van der Waals surface area contributed by atoms with Gasteiger partial charge in [0.2, 0.25) is 0 Å². The first kappa shape index (κ1) is 18.5. The molecule has 1 heterocycles. The van der Waals surface area contributed by atoms with E-state index in [1.807, 2.05) is 0 Å². The van der Waals surface area contributed by atoms with Crippen molar-refractivity contribution in [2.75, 3.05) is 6.54 Å². The number of nitrogens with zero attached hydrogens (tertiary/aromatic N) is 2. The van der Waals surface area contributed by atoms with Crippen LogP contribution in [0.25, 0.3) is 6.08 Å². The molecule has 0 unspecified atom stereocenters. The van der Waals surface area contributed by atoms with Crippen molar-refractivity contribution in [3.8, 4) is 0 Å². The van der Waals surface area contributed by atoms with Gasteiger partial charge in [-0.25, -0.2) is 4.39 Å². The van der Waals surface area contributed by atoms with Gasteiger partial charge in [-0.1, -0.05) is 12.1 Å². The highest BCUT2D eigenvalue weighted by Crippen LogP contribution is 2.32. The van der Waals surface area contributed by atoms with Crippen molar-refractivity contribution >= 4 is 40.5 Å². The van der Waals surface area contributed by atoms with E-state index in [0.717, 1.165) is 4.90 Å². The van der Waals surface area contributed by atoms with Crippen LogP contribution in [0.1, 0.15) is 15.9 Å². The number of hydrogen-bond donors (Lipinski definition) is 0. The van der Waals surface area contributed by atoms with E-state index >= 15 is 0 Å². The number of nitro groups is 1. The van der Waals surface area contributed by atoms with Gasteiger partial charge in [0, 0.05) is 17.7 Å². The summed E-state index contributed by atoms with van der Waals surface area (Å²) >= 11 is 0.661. The molecule has 2 aromatic rings. The first-order valence-electron chi connectivity index (χ1n) is 7.64. The van der Waals surface area contributed by atoms with Crippen LogP contribution >= 0.6 is 11.8 Å². The predicted molar refractivity (Wildman–Crippen MR) is 96.5 cm³/mol. The van der Waals surface area contributed by atoms with Gasteiger partial charge in [-0.15, -0.1) is 0 Å². The first-order valence-corrected chi connectivity index (χ1v) is 8.45.